The van der Waals surface area contributed by atoms with E-state index in [1.165, 1.54) is 11.8 Å². The van der Waals surface area contributed by atoms with Gasteiger partial charge in [-0.1, -0.05) is 19.1 Å². The zero-order valence-corrected chi connectivity index (χ0v) is 9.54. The molecule has 0 aromatic heterocycles. The van der Waals surface area contributed by atoms with Crippen molar-refractivity contribution >= 4 is 17.7 Å². The first-order valence-corrected chi connectivity index (χ1v) is 5.51. The summed E-state index contributed by atoms with van der Waals surface area (Å²) in [7, 11) is 0. The van der Waals surface area contributed by atoms with Crippen LogP contribution in [0.15, 0.2) is 29.2 Å². The van der Waals surface area contributed by atoms with E-state index in [4.69, 9.17) is 5.11 Å². The van der Waals surface area contributed by atoms with Crippen molar-refractivity contribution in [2.24, 2.45) is 0 Å². The number of thioether (sulfide) groups is 1. The van der Waals surface area contributed by atoms with Gasteiger partial charge in [0.2, 0.25) is 0 Å². The number of para-hydroxylation sites is 1. The van der Waals surface area contributed by atoms with E-state index in [1.807, 2.05) is 6.92 Å². The van der Waals surface area contributed by atoms with Crippen LogP contribution in [0.3, 0.4) is 0 Å². The lowest BCUT2D eigenvalue weighted by Gasteiger charge is -2.22. The van der Waals surface area contributed by atoms with Crippen LogP contribution >= 0.6 is 11.8 Å². The summed E-state index contributed by atoms with van der Waals surface area (Å²) in [6.07, 6.45) is 0.501. The Balaban J connectivity index is 2.94. The van der Waals surface area contributed by atoms with Crippen LogP contribution in [0.4, 0.5) is 0 Å². The molecule has 1 aromatic rings. The predicted octanol–water partition coefficient (Wildman–Crippen LogP) is 2.74. The van der Waals surface area contributed by atoms with Crippen LogP contribution in [0.2, 0.25) is 0 Å². The lowest BCUT2D eigenvalue weighted by atomic mass is 10.1. The molecule has 3 nitrogen and oxygen atoms in total. The molecule has 0 aliphatic heterocycles. The van der Waals surface area contributed by atoms with Gasteiger partial charge in [0.1, 0.15) is 10.5 Å². The fraction of sp³-hybridized carbons (Fsp3) is 0.364. The molecule has 1 rings (SSSR count). The number of phenolic OH excluding ortho intramolecular Hbond substituents is 1. The number of benzene rings is 1. The highest BCUT2D eigenvalue weighted by atomic mass is 32.2. The van der Waals surface area contributed by atoms with E-state index in [1.54, 1.807) is 31.2 Å². The molecule has 0 radical (unpaired) electrons. The molecule has 0 spiro atoms. The van der Waals surface area contributed by atoms with Gasteiger partial charge < -0.3 is 10.2 Å². The number of carboxylic acid groups (broad SMARTS) is 1. The zero-order chi connectivity index (χ0) is 11.5. The van der Waals surface area contributed by atoms with Crippen LogP contribution in [-0.4, -0.2) is 20.9 Å². The average molecular weight is 226 g/mol. The summed E-state index contributed by atoms with van der Waals surface area (Å²) in [6, 6.07) is 6.76. The van der Waals surface area contributed by atoms with Crippen LogP contribution in [-0.2, 0) is 4.79 Å². The predicted molar refractivity (Wildman–Crippen MR) is 60.3 cm³/mol. The molecule has 0 saturated heterocycles. The third-order valence-electron chi connectivity index (χ3n) is 2.33. The third kappa shape index (κ3) is 2.65. The summed E-state index contributed by atoms with van der Waals surface area (Å²) in [4.78, 5) is 11.7. The number of aliphatic carboxylic acids is 1. The SMILES string of the molecule is CCC(C)(Sc1ccccc1O)C(=O)O. The molecular weight excluding hydrogens is 212 g/mol. The molecule has 0 amide bonds. The molecule has 0 heterocycles. The van der Waals surface area contributed by atoms with Crippen molar-refractivity contribution in [3.8, 4) is 5.75 Å². The number of hydrogen-bond donors (Lipinski definition) is 2. The van der Waals surface area contributed by atoms with Crippen molar-refractivity contribution in [2.75, 3.05) is 0 Å². The van der Waals surface area contributed by atoms with E-state index >= 15 is 0 Å². The molecule has 0 aliphatic rings. The molecule has 0 aliphatic carbocycles. The molecule has 2 N–H and O–H groups in total. The van der Waals surface area contributed by atoms with Crippen LogP contribution in [0, 0.1) is 0 Å². The lowest BCUT2D eigenvalue weighted by molar-refractivity contribution is -0.139. The Labute approximate surface area is 93.1 Å². The minimum Gasteiger partial charge on any atom is -0.507 e. The van der Waals surface area contributed by atoms with Crippen LogP contribution < -0.4 is 0 Å². The Morgan fingerprint density at radius 3 is 2.53 bits per heavy atom. The summed E-state index contributed by atoms with van der Waals surface area (Å²) in [6.45, 7) is 3.48. The molecule has 0 saturated carbocycles. The van der Waals surface area contributed by atoms with Gasteiger partial charge in [0.25, 0.3) is 0 Å². The zero-order valence-electron chi connectivity index (χ0n) is 8.73. The van der Waals surface area contributed by atoms with Crippen molar-refractivity contribution in [2.45, 2.75) is 29.9 Å². The first kappa shape index (κ1) is 11.9. The van der Waals surface area contributed by atoms with Crippen LogP contribution in [0.5, 0.6) is 5.75 Å². The first-order chi connectivity index (χ1) is 6.99. The monoisotopic (exact) mass is 226 g/mol. The van der Waals surface area contributed by atoms with E-state index in [9.17, 15) is 9.90 Å². The topological polar surface area (TPSA) is 57.5 Å². The second kappa shape index (κ2) is 4.57. The maximum absolute atomic E-state index is 11.1. The number of carboxylic acids is 1. The van der Waals surface area contributed by atoms with Crippen molar-refractivity contribution < 1.29 is 15.0 Å². The van der Waals surface area contributed by atoms with Gasteiger partial charge in [-0.3, -0.25) is 4.79 Å². The molecule has 82 valence electrons. The number of rotatable bonds is 4. The summed E-state index contributed by atoms with van der Waals surface area (Å²) in [5, 5.41) is 18.6. The number of hydrogen-bond acceptors (Lipinski definition) is 3. The summed E-state index contributed by atoms with van der Waals surface area (Å²) < 4.78 is -0.890. The Hall–Kier alpha value is -1.16. The molecule has 1 aromatic carbocycles. The Kier molecular flexibility index (Phi) is 3.63. The second-order valence-electron chi connectivity index (χ2n) is 3.46. The maximum Gasteiger partial charge on any atom is 0.319 e. The largest absolute Gasteiger partial charge is 0.507 e. The van der Waals surface area contributed by atoms with Crippen LogP contribution in [0.25, 0.3) is 0 Å². The molecule has 15 heavy (non-hydrogen) atoms. The van der Waals surface area contributed by atoms with E-state index in [0.717, 1.165) is 0 Å². The Morgan fingerprint density at radius 2 is 2.07 bits per heavy atom. The van der Waals surface area contributed by atoms with Crippen molar-refractivity contribution in [3.63, 3.8) is 0 Å². The van der Waals surface area contributed by atoms with E-state index in [0.29, 0.717) is 11.3 Å². The standard InChI is InChI=1S/C11H14O3S/c1-3-11(2,10(13)14)15-9-7-5-4-6-8(9)12/h4-7,12H,3H2,1-2H3,(H,13,14). The summed E-state index contributed by atoms with van der Waals surface area (Å²) in [5.74, 6) is -0.735. The van der Waals surface area contributed by atoms with Gasteiger partial charge in [-0.2, -0.15) is 0 Å². The van der Waals surface area contributed by atoms with Crippen LogP contribution in [0.1, 0.15) is 20.3 Å². The summed E-state index contributed by atoms with van der Waals surface area (Å²) in [5.41, 5.74) is 0. The highest BCUT2D eigenvalue weighted by Crippen LogP contribution is 2.39. The normalized spacial score (nSPS) is 14.5. The molecular formula is C11H14O3S. The molecule has 1 atom stereocenters. The van der Waals surface area contributed by atoms with Gasteiger partial charge in [-0.25, -0.2) is 0 Å². The lowest BCUT2D eigenvalue weighted by Crippen LogP contribution is -2.30. The first-order valence-electron chi connectivity index (χ1n) is 4.70. The quantitative estimate of drug-likeness (QED) is 0.775. The van der Waals surface area contributed by atoms with Gasteiger partial charge in [0.15, 0.2) is 0 Å². The van der Waals surface area contributed by atoms with E-state index in [2.05, 4.69) is 0 Å². The molecule has 1 unspecified atom stereocenters. The molecule has 0 bridgehead atoms. The van der Waals surface area contributed by atoms with Crippen molar-refractivity contribution in [3.05, 3.63) is 24.3 Å². The number of aromatic hydroxyl groups is 1. The van der Waals surface area contributed by atoms with Gasteiger partial charge in [-0.05, 0) is 25.5 Å². The molecule has 4 heteroatoms. The Morgan fingerprint density at radius 1 is 1.47 bits per heavy atom. The van der Waals surface area contributed by atoms with Crippen molar-refractivity contribution in [1.29, 1.82) is 0 Å². The van der Waals surface area contributed by atoms with Gasteiger partial charge in [0, 0.05) is 0 Å². The van der Waals surface area contributed by atoms with Gasteiger partial charge >= 0.3 is 5.97 Å². The van der Waals surface area contributed by atoms with E-state index < -0.39 is 10.7 Å². The average Bonchev–Trinajstić information content (AvgIpc) is 2.21. The minimum absolute atomic E-state index is 0.128. The molecule has 0 fully saturated rings. The highest BCUT2D eigenvalue weighted by Gasteiger charge is 2.33. The fourth-order valence-corrected chi connectivity index (χ4v) is 2.09. The van der Waals surface area contributed by atoms with Gasteiger partial charge in [0.05, 0.1) is 4.90 Å². The van der Waals surface area contributed by atoms with Gasteiger partial charge in [-0.15, -0.1) is 11.8 Å². The minimum atomic E-state index is -0.890. The highest BCUT2D eigenvalue weighted by molar-refractivity contribution is 8.01. The van der Waals surface area contributed by atoms with Crippen molar-refractivity contribution in [1.82, 2.24) is 0 Å². The Bertz CT molecular complexity index is 365. The maximum atomic E-state index is 11.1. The third-order valence-corrected chi connectivity index (χ3v) is 3.81. The van der Waals surface area contributed by atoms with E-state index in [-0.39, 0.29) is 5.75 Å². The smallest absolute Gasteiger partial charge is 0.319 e. The second-order valence-corrected chi connectivity index (χ2v) is 5.00. The fourth-order valence-electron chi connectivity index (χ4n) is 1.05. The summed E-state index contributed by atoms with van der Waals surface area (Å²) >= 11 is 1.18. The number of phenols is 1. The number of carbonyl (C=O) groups is 1.